The number of rotatable bonds is 6. The van der Waals surface area contributed by atoms with Crippen molar-refractivity contribution in [2.75, 3.05) is 13.7 Å². The smallest absolute Gasteiger partial charge is 0.268 e. The molecule has 0 N–H and O–H groups in total. The molecule has 2 aromatic carbocycles. The Morgan fingerprint density at radius 2 is 1.93 bits per heavy atom. The van der Waals surface area contributed by atoms with Crippen LogP contribution in [0.3, 0.4) is 0 Å². The van der Waals surface area contributed by atoms with E-state index in [1.165, 1.54) is 22.0 Å². The molecule has 0 bridgehead atoms. The molecule has 150 valence electrons. The molecule has 0 aliphatic rings. The van der Waals surface area contributed by atoms with E-state index < -0.39 is 0 Å². The van der Waals surface area contributed by atoms with Crippen molar-refractivity contribution in [2.24, 2.45) is 7.05 Å². The summed E-state index contributed by atoms with van der Waals surface area (Å²) in [6.45, 7) is 4.31. The van der Waals surface area contributed by atoms with Crippen LogP contribution in [0.5, 0.6) is 11.5 Å². The summed E-state index contributed by atoms with van der Waals surface area (Å²) in [6.07, 6.45) is 3.32. The SMILES string of the molecule is CCOc1cc(/C=c2\s/c(=C\C(=O)c3ccccc3C)n(C)c2=O)ccc1OC. The van der Waals surface area contributed by atoms with Crippen LogP contribution in [0.25, 0.3) is 12.2 Å². The van der Waals surface area contributed by atoms with Crippen LogP contribution in [0, 0.1) is 6.92 Å². The molecule has 3 rings (SSSR count). The summed E-state index contributed by atoms with van der Waals surface area (Å²) in [4.78, 5) is 25.3. The number of ketones is 1. The van der Waals surface area contributed by atoms with Crippen molar-refractivity contribution in [3.8, 4) is 11.5 Å². The predicted molar refractivity (Wildman–Crippen MR) is 117 cm³/mol. The number of hydrogen-bond acceptors (Lipinski definition) is 5. The van der Waals surface area contributed by atoms with Gasteiger partial charge in [0.2, 0.25) is 0 Å². The quantitative estimate of drug-likeness (QED) is 0.588. The lowest BCUT2D eigenvalue weighted by Crippen LogP contribution is -2.29. The first-order valence-corrected chi connectivity index (χ1v) is 10.1. The lowest BCUT2D eigenvalue weighted by atomic mass is 10.1. The number of thiazole rings is 1. The second kappa shape index (κ2) is 8.92. The Kier molecular flexibility index (Phi) is 6.34. The molecule has 0 spiro atoms. The lowest BCUT2D eigenvalue weighted by molar-refractivity contribution is 0.106. The summed E-state index contributed by atoms with van der Waals surface area (Å²) in [7, 11) is 3.26. The van der Waals surface area contributed by atoms with Gasteiger partial charge in [-0.2, -0.15) is 0 Å². The third kappa shape index (κ3) is 4.49. The number of hydrogen-bond donors (Lipinski definition) is 0. The lowest BCUT2D eigenvalue weighted by Gasteiger charge is -2.09. The van der Waals surface area contributed by atoms with Crippen molar-refractivity contribution < 1.29 is 14.3 Å². The van der Waals surface area contributed by atoms with E-state index in [9.17, 15) is 9.59 Å². The molecule has 0 aliphatic carbocycles. The number of carbonyl (C=O) groups excluding carboxylic acids is 1. The standard InChI is InChI=1S/C23H23NO4S/c1-5-28-20-12-16(10-11-19(20)27-4)13-21-23(26)24(3)22(29-21)14-18(25)17-9-7-6-8-15(17)2/h6-14H,5H2,1-4H3/b21-13-,22-14-. The van der Waals surface area contributed by atoms with Crippen molar-refractivity contribution in [1.82, 2.24) is 4.57 Å². The van der Waals surface area contributed by atoms with Gasteiger partial charge in [0, 0.05) is 18.7 Å². The molecule has 1 heterocycles. The van der Waals surface area contributed by atoms with Gasteiger partial charge in [0.05, 0.1) is 18.2 Å². The largest absolute Gasteiger partial charge is 0.493 e. The summed E-state index contributed by atoms with van der Waals surface area (Å²) >= 11 is 1.29. The topological polar surface area (TPSA) is 57.5 Å². The molecule has 0 saturated heterocycles. The first-order chi connectivity index (χ1) is 13.9. The van der Waals surface area contributed by atoms with E-state index in [0.29, 0.717) is 32.9 Å². The van der Waals surface area contributed by atoms with Crippen molar-refractivity contribution in [3.05, 3.63) is 78.7 Å². The normalized spacial score (nSPS) is 12.3. The van der Waals surface area contributed by atoms with Crippen LogP contribution < -0.4 is 24.2 Å². The minimum Gasteiger partial charge on any atom is -0.493 e. The van der Waals surface area contributed by atoms with Gasteiger partial charge in [0.1, 0.15) is 4.66 Å². The molecule has 1 aromatic heterocycles. The summed E-state index contributed by atoms with van der Waals surface area (Å²) < 4.78 is 13.6. The van der Waals surface area contributed by atoms with E-state index in [1.54, 1.807) is 26.3 Å². The Hall–Kier alpha value is -3.12. The number of aromatic nitrogens is 1. The van der Waals surface area contributed by atoms with E-state index in [0.717, 1.165) is 11.1 Å². The minimum absolute atomic E-state index is 0.116. The second-order valence-corrected chi connectivity index (χ2v) is 7.54. The molecule has 0 radical (unpaired) electrons. The molecule has 0 fully saturated rings. The van der Waals surface area contributed by atoms with Gasteiger partial charge in [0.25, 0.3) is 5.56 Å². The molecule has 0 saturated carbocycles. The molecule has 5 nitrogen and oxygen atoms in total. The Morgan fingerprint density at radius 3 is 2.62 bits per heavy atom. The molecule has 0 unspecified atom stereocenters. The Balaban J connectivity index is 2.05. The summed E-state index contributed by atoms with van der Waals surface area (Å²) in [5.74, 6) is 1.15. The van der Waals surface area contributed by atoms with Crippen LogP contribution in [-0.4, -0.2) is 24.1 Å². The van der Waals surface area contributed by atoms with E-state index >= 15 is 0 Å². The number of ether oxygens (including phenoxy) is 2. The first-order valence-electron chi connectivity index (χ1n) is 9.24. The minimum atomic E-state index is -0.146. The third-order valence-corrected chi connectivity index (χ3v) is 5.62. The van der Waals surface area contributed by atoms with Crippen molar-refractivity contribution >= 4 is 29.3 Å². The zero-order valence-corrected chi connectivity index (χ0v) is 17.7. The van der Waals surface area contributed by atoms with Crippen molar-refractivity contribution in [2.45, 2.75) is 13.8 Å². The summed E-state index contributed by atoms with van der Waals surface area (Å²) in [6, 6.07) is 12.9. The van der Waals surface area contributed by atoms with Crippen LogP contribution in [0.1, 0.15) is 28.4 Å². The van der Waals surface area contributed by atoms with Crippen LogP contribution in [-0.2, 0) is 7.05 Å². The van der Waals surface area contributed by atoms with E-state index in [2.05, 4.69) is 0 Å². The number of carbonyl (C=O) groups is 1. The van der Waals surface area contributed by atoms with Gasteiger partial charge in [-0.3, -0.25) is 9.59 Å². The Labute approximate surface area is 173 Å². The van der Waals surface area contributed by atoms with Crippen LogP contribution in [0.15, 0.2) is 47.3 Å². The highest BCUT2D eigenvalue weighted by atomic mass is 32.1. The Morgan fingerprint density at radius 1 is 1.17 bits per heavy atom. The summed E-state index contributed by atoms with van der Waals surface area (Å²) in [5, 5.41) is 0. The fourth-order valence-corrected chi connectivity index (χ4v) is 3.98. The molecular formula is C23H23NO4S. The van der Waals surface area contributed by atoms with Gasteiger partial charge in [-0.25, -0.2) is 0 Å². The van der Waals surface area contributed by atoms with Crippen molar-refractivity contribution in [1.29, 1.82) is 0 Å². The maximum absolute atomic E-state index is 12.7. The van der Waals surface area contributed by atoms with Crippen LogP contribution >= 0.6 is 11.3 Å². The average Bonchev–Trinajstić information content (AvgIpc) is 2.96. The van der Waals surface area contributed by atoms with E-state index in [1.807, 2.05) is 50.2 Å². The van der Waals surface area contributed by atoms with Gasteiger partial charge in [-0.1, -0.05) is 30.3 Å². The molecule has 0 aliphatic heterocycles. The maximum atomic E-state index is 12.7. The molecular weight excluding hydrogens is 386 g/mol. The fraction of sp³-hybridized carbons (Fsp3) is 0.217. The molecule has 6 heteroatoms. The maximum Gasteiger partial charge on any atom is 0.268 e. The van der Waals surface area contributed by atoms with Gasteiger partial charge in [0.15, 0.2) is 17.3 Å². The Bertz CT molecular complexity index is 1220. The number of nitrogens with zero attached hydrogens (tertiary/aromatic N) is 1. The van der Waals surface area contributed by atoms with Gasteiger partial charge >= 0.3 is 0 Å². The highest BCUT2D eigenvalue weighted by Gasteiger charge is 2.08. The zero-order chi connectivity index (χ0) is 21.0. The van der Waals surface area contributed by atoms with Gasteiger partial charge in [-0.05, 0) is 43.2 Å². The average molecular weight is 410 g/mol. The highest BCUT2D eigenvalue weighted by molar-refractivity contribution is 7.07. The zero-order valence-electron chi connectivity index (χ0n) is 16.9. The van der Waals surface area contributed by atoms with E-state index in [4.69, 9.17) is 9.47 Å². The van der Waals surface area contributed by atoms with Crippen LogP contribution in [0.2, 0.25) is 0 Å². The highest BCUT2D eigenvalue weighted by Crippen LogP contribution is 2.28. The third-order valence-electron chi connectivity index (χ3n) is 4.51. The fourth-order valence-electron chi connectivity index (χ4n) is 2.95. The predicted octanol–water partition coefficient (Wildman–Crippen LogP) is 2.65. The van der Waals surface area contributed by atoms with Gasteiger partial charge < -0.3 is 14.0 Å². The molecule has 0 amide bonds. The monoisotopic (exact) mass is 409 g/mol. The van der Waals surface area contributed by atoms with Gasteiger partial charge in [-0.15, -0.1) is 11.3 Å². The number of benzene rings is 2. The van der Waals surface area contributed by atoms with Crippen molar-refractivity contribution in [3.63, 3.8) is 0 Å². The number of aryl methyl sites for hydroxylation is 1. The molecule has 0 atom stereocenters. The molecule has 3 aromatic rings. The first kappa shape index (κ1) is 20.6. The molecule has 29 heavy (non-hydrogen) atoms. The number of Topliss-reactive ketones (excluding diaryl/α,β-unsaturated/α-hetero) is 1. The summed E-state index contributed by atoms with van der Waals surface area (Å²) in [5.41, 5.74) is 2.22. The second-order valence-electron chi connectivity index (χ2n) is 6.48. The van der Waals surface area contributed by atoms with Crippen LogP contribution in [0.4, 0.5) is 0 Å². The van der Waals surface area contributed by atoms with E-state index in [-0.39, 0.29) is 11.3 Å². The number of methoxy groups -OCH3 is 1.